The van der Waals surface area contributed by atoms with Gasteiger partial charge in [-0.3, -0.25) is 4.79 Å². The summed E-state index contributed by atoms with van der Waals surface area (Å²) in [6.45, 7) is 3.43. The smallest absolute Gasteiger partial charge is 0.341 e. The van der Waals surface area contributed by atoms with Crippen LogP contribution in [0.3, 0.4) is 0 Å². The van der Waals surface area contributed by atoms with Crippen LogP contribution in [0.25, 0.3) is 0 Å². The van der Waals surface area contributed by atoms with Crippen LogP contribution >= 0.6 is 15.9 Å². The van der Waals surface area contributed by atoms with Crippen LogP contribution in [0.1, 0.15) is 30.1 Å². The van der Waals surface area contributed by atoms with Crippen LogP contribution in [0.4, 0.5) is 11.5 Å². The Labute approximate surface area is 167 Å². The number of hydrogen-bond acceptors (Lipinski definition) is 5. The number of carbonyl (C=O) groups excluding carboxylic acids is 2. The molecule has 0 radical (unpaired) electrons. The van der Waals surface area contributed by atoms with E-state index in [1.54, 1.807) is 25.3 Å². The molecule has 0 unspecified atom stereocenters. The number of esters is 1. The molecular weight excluding hydrogens is 410 g/mol. The van der Waals surface area contributed by atoms with E-state index in [4.69, 9.17) is 4.74 Å². The maximum absolute atomic E-state index is 12.6. The molecule has 3 rings (SSSR count). The Morgan fingerprint density at radius 2 is 1.96 bits per heavy atom. The van der Waals surface area contributed by atoms with E-state index in [9.17, 15) is 9.59 Å². The summed E-state index contributed by atoms with van der Waals surface area (Å²) in [5, 5.41) is 2.99. The highest BCUT2D eigenvalue weighted by molar-refractivity contribution is 9.10. The second-order valence-electron chi connectivity index (χ2n) is 6.33. The molecule has 1 aromatic carbocycles. The summed E-state index contributed by atoms with van der Waals surface area (Å²) >= 11 is 3.45. The van der Waals surface area contributed by atoms with Crippen LogP contribution in [-0.2, 0) is 9.53 Å². The van der Waals surface area contributed by atoms with Gasteiger partial charge in [0, 0.05) is 29.7 Å². The van der Waals surface area contributed by atoms with E-state index < -0.39 is 0 Å². The molecule has 0 spiro atoms. The topological polar surface area (TPSA) is 71.5 Å². The Hall–Kier alpha value is -2.41. The van der Waals surface area contributed by atoms with Crippen molar-refractivity contribution in [3.8, 4) is 0 Å². The van der Waals surface area contributed by atoms with Gasteiger partial charge in [-0.05, 0) is 60.0 Å². The number of carbonyl (C=O) groups is 2. The number of halogens is 1. The summed E-state index contributed by atoms with van der Waals surface area (Å²) < 4.78 is 5.99. The Morgan fingerprint density at radius 1 is 1.22 bits per heavy atom. The van der Waals surface area contributed by atoms with E-state index >= 15 is 0 Å². The van der Waals surface area contributed by atoms with Crippen molar-refractivity contribution in [2.24, 2.45) is 5.92 Å². The molecule has 1 N–H and O–H groups in total. The summed E-state index contributed by atoms with van der Waals surface area (Å²) in [6.07, 6.45) is 3.08. The number of benzene rings is 1. The number of amides is 1. The fourth-order valence-electron chi connectivity index (χ4n) is 3.17. The number of nitrogens with zero attached hydrogens (tertiary/aromatic N) is 2. The zero-order chi connectivity index (χ0) is 19.2. The summed E-state index contributed by atoms with van der Waals surface area (Å²) in [5.74, 6) is 0.214. The number of rotatable bonds is 5. The Bertz CT molecular complexity index is 820. The maximum atomic E-state index is 12.6. The predicted octanol–water partition coefficient (Wildman–Crippen LogP) is 3.88. The van der Waals surface area contributed by atoms with E-state index in [-0.39, 0.29) is 17.8 Å². The number of pyridine rings is 1. The van der Waals surface area contributed by atoms with Crippen molar-refractivity contribution in [1.82, 2.24) is 4.98 Å². The Morgan fingerprint density at radius 3 is 2.67 bits per heavy atom. The Kier molecular flexibility index (Phi) is 6.45. The highest BCUT2D eigenvalue weighted by Crippen LogP contribution is 2.27. The van der Waals surface area contributed by atoms with Gasteiger partial charge in [-0.15, -0.1) is 0 Å². The van der Waals surface area contributed by atoms with Crippen LogP contribution in [-0.4, -0.2) is 36.6 Å². The molecule has 7 heteroatoms. The quantitative estimate of drug-likeness (QED) is 0.727. The van der Waals surface area contributed by atoms with Crippen LogP contribution in [0.15, 0.2) is 47.1 Å². The Balaban J connectivity index is 1.63. The van der Waals surface area contributed by atoms with E-state index in [1.807, 2.05) is 24.3 Å². The fourth-order valence-corrected chi connectivity index (χ4v) is 3.55. The molecule has 1 amide bonds. The first-order valence-corrected chi connectivity index (χ1v) is 9.82. The van der Waals surface area contributed by atoms with Crippen LogP contribution < -0.4 is 10.2 Å². The lowest BCUT2D eigenvalue weighted by Gasteiger charge is -2.33. The lowest BCUT2D eigenvalue weighted by molar-refractivity contribution is -0.120. The van der Waals surface area contributed by atoms with Crippen molar-refractivity contribution in [3.05, 3.63) is 52.6 Å². The van der Waals surface area contributed by atoms with Crippen molar-refractivity contribution < 1.29 is 14.3 Å². The first-order chi connectivity index (χ1) is 13.1. The maximum Gasteiger partial charge on any atom is 0.341 e. The molecule has 0 aliphatic carbocycles. The van der Waals surface area contributed by atoms with Crippen molar-refractivity contribution in [2.45, 2.75) is 19.8 Å². The second kappa shape index (κ2) is 8.99. The lowest BCUT2D eigenvalue weighted by atomic mass is 9.95. The molecular formula is C20H22BrN3O3. The van der Waals surface area contributed by atoms with Gasteiger partial charge in [0.15, 0.2) is 0 Å². The molecule has 1 aliphatic rings. The van der Waals surface area contributed by atoms with Crippen molar-refractivity contribution >= 4 is 39.3 Å². The highest BCUT2D eigenvalue weighted by atomic mass is 79.9. The monoisotopic (exact) mass is 431 g/mol. The van der Waals surface area contributed by atoms with Crippen LogP contribution in [0.2, 0.25) is 0 Å². The SMILES string of the molecule is CCOC(=O)c1cccnc1N1CCC(C(=O)Nc2ccccc2Br)CC1. The molecule has 0 atom stereocenters. The van der Waals surface area contributed by atoms with E-state index in [1.165, 1.54) is 0 Å². The number of hydrogen-bond donors (Lipinski definition) is 1. The average Bonchev–Trinajstić information content (AvgIpc) is 2.70. The van der Waals surface area contributed by atoms with Gasteiger partial charge < -0.3 is 15.0 Å². The molecule has 2 heterocycles. The second-order valence-corrected chi connectivity index (χ2v) is 7.18. The van der Waals surface area contributed by atoms with Gasteiger partial charge in [0.1, 0.15) is 11.4 Å². The largest absolute Gasteiger partial charge is 0.462 e. The van der Waals surface area contributed by atoms with E-state index in [2.05, 4.69) is 31.1 Å². The molecule has 1 aromatic heterocycles. The minimum absolute atomic E-state index is 0.0215. The van der Waals surface area contributed by atoms with Crippen LogP contribution in [0.5, 0.6) is 0 Å². The van der Waals surface area contributed by atoms with Crippen LogP contribution in [0, 0.1) is 5.92 Å². The molecule has 2 aromatic rings. The number of aromatic nitrogens is 1. The third kappa shape index (κ3) is 4.66. The summed E-state index contributed by atoms with van der Waals surface area (Å²) in [7, 11) is 0. The average molecular weight is 432 g/mol. The van der Waals surface area contributed by atoms with Gasteiger partial charge in [-0.2, -0.15) is 0 Å². The summed E-state index contributed by atoms with van der Waals surface area (Å²) in [5.41, 5.74) is 1.25. The molecule has 142 valence electrons. The third-order valence-corrected chi connectivity index (χ3v) is 5.27. The zero-order valence-electron chi connectivity index (χ0n) is 15.2. The van der Waals surface area contributed by atoms with Gasteiger partial charge >= 0.3 is 5.97 Å². The van der Waals surface area contributed by atoms with Crippen molar-refractivity contribution in [1.29, 1.82) is 0 Å². The van der Waals surface area contributed by atoms with Gasteiger partial charge in [-0.25, -0.2) is 9.78 Å². The van der Waals surface area contributed by atoms with Gasteiger partial charge in [-0.1, -0.05) is 12.1 Å². The molecule has 0 saturated carbocycles. The van der Waals surface area contributed by atoms with Gasteiger partial charge in [0.25, 0.3) is 0 Å². The van der Waals surface area contributed by atoms with Crippen molar-refractivity contribution in [2.75, 3.05) is 29.9 Å². The fraction of sp³-hybridized carbons (Fsp3) is 0.350. The minimum atomic E-state index is -0.366. The van der Waals surface area contributed by atoms with Crippen molar-refractivity contribution in [3.63, 3.8) is 0 Å². The zero-order valence-corrected chi connectivity index (χ0v) is 16.7. The minimum Gasteiger partial charge on any atom is -0.462 e. The predicted molar refractivity (Wildman–Crippen MR) is 108 cm³/mol. The standard InChI is InChI=1S/C20H22BrN3O3/c1-2-27-20(26)15-6-5-11-22-18(15)24-12-9-14(10-13-24)19(25)23-17-8-4-3-7-16(17)21/h3-8,11,14H,2,9-10,12-13H2,1H3,(H,23,25). The normalized spacial score (nSPS) is 14.7. The molecule has 27 heavy (non-hydrogen) atoms. The summed E-state index contributed by atoms with van der Waals surface area (Å²) in [4.78, 5) is 31.2. The number of para-hydroxylation sites is 1. The van der Waals surface area contributed by atoms with E-state index in [0.717, 1.165) is 10.2 Å². The third-order valence-electron chi connectivity index (χ3n) is 4.58. The molecule has 1 fully saturated rings. The molecule has 0 bridgehead atoms. The van der Waals surface area contributed by atoms with E-state index in [0.29, 0.717) is 43.9 Å². The lowest BCUT2D eigenvalue weighted by Crippen LogP contribution is -2.39. The molecule has 1 saturated heterocycles. The number of piperidine rings is 1. The first-order valence-electron chi connectivity index (χ1n) is 9.02. The number of nitrogens with one attached hydrogen (secondary N) is 1. The van der Waals surface area contributed by atoms with Gasteiger partial charge in [0.05, 0.1) is 12.3 Å². The summed E-state index contributed by atoms with van der Waals surface area (Å²) in [6, 6.07) is 11.0. The highest BCUT2D eigenvalue weighted by Gasteiger charge is 2.28. The number of anilines is 2. The van der Waals surface area contributed by atoms with Gasteiger partial charge in [0.2, 0.25) is 5.91 Å². The molecule has 1 aliphatic heterocycles. The first kappa shape index (κ1) is 19.4. The number of ether oxygens (including phenoxy) is 1. The molecule has 6 nitrogen and oxygen atoms in total.